The smallest absolute Gasteiger partial charge is 0.256 e. The number of hydrogen-bond acceptors (Lipinski definition) is 5. The molecule has 0 spiro atoms. The molecule has 146 valence electrons. The molecule has 0 bridgehead atoms. The molecule has 8 nitrogen and oxygen atoms in total. The van der Waals surface area contributed by atoms with Crippen LogP contribution in [0.2, 0.25) is 0 Å². The highest BCUT2D eigenvalue weighted by Crippen LogP contribution is 2.30. The summed E-state index contributed by atoms with van der Waals surface area (Å²) in [5.74, 6) is 0.157. The summed E-state index contributed by atoms with van der Waals surface area (Å²) in [4.78, 5) is 24.4. The van der Waals surface area contributed by atoms with E-state index in [1.807, 2.05) is 13.8 Å². The number of hydrogen-bond donors (Lipinski definition) is 2. The number of carbonyl (C=O) groups excluding carboxylic acids is 1. The number of anilines is 2. The van der Waals surface area contributed by atoms with Gasteiger partial charge < -0.3 is 10.3 Å². The predicted molar refractivity (Wildman–Crippen MR) is 108 cm³/mol. The molecule has 0 saturated heterocycles. The highest BCUT2D eigenvalue weighted by molar-refractivity contribution is 7.92. The maximum Gasteiger partial charge on any atom is 0.256 e. The number of aromatic amines is 1. The van der Waals surface area contributed by atoms with Crippen molar-refractivity contribution >= 4 is 38.5 Å². The van der Waals surface area contributed by atoms with Crippen molar-refractivity contribution < 1.29 is 13.2 Å². The lowest BCUT2D eigenvalue weighted by atomic mass is 10.0. The minimum atomic E-state index is -3.34. The van der Waals surface area contributed by atoms with Crippen LogP contribution in [0.3, 0.4) is 0 Å². The fourth-order valence-corrected chi connectivity index (χ4v) is 4.61. The Balaban J connectivity index is 1.67. The number of H-pyrrole nitrogens is 1. The van der Waals surface area contributed by atoms with E-state index in [9.17, 15) is 13.2 Å². The predicted octanol–water partition coefficient (Wildman–Crippen LogP) is 2.54. The lowest BCUT2D eigenvalue weighted by Crippen LogP contribution is -2.34. The summed E-state index contributed by atoms with van der Waals surface area (Å²) in [6.45, 7) is 4.36. The molecular weight excluding hydrogens is 378 g/mol. The fraction of sp³-hybridized carbons (Fsp3) is 0.316. The van der Waals surface area contributed by atoms with Gasteiger partial charge in [0.2, 0.25) is 10.0 Å². The monoisotopic (exact) mass is 399 g/mol. The van der Waals surface area contributed by atoms with E-state index in [0.717, 1.165) is 35.0 Å². The van der Waals surface area contributed by atoms with Gasteiger partial charge in [-0.1, -0.05) is 0 Å². The summed E-state index contributed by atoms with van der Waals surface area (Å²) >= 11 is 0. The molecule has 0 atom stereocenters. The largest absolute Gasteiger partial charge is 0.343 e. The molecule has 0 saturated carbocycles. The summed E-state index contributed by atoms with van der Waals surface area (Å²) in [5, 5.41) is 3.65. The minimum Gasteiger partial charge on any atom is -0.343 e. The van der Waals surface area contributed by atoms with Crippen molar-refractivity contribution in [1.82, 2.24) is 15.0 Å². The van der Waals surface area contributed by atoms with E-state index < -0.39 is 10.0 Å². The van der Waals surface area contributed by atoms with Gasteiger partial charge in [0.05, 0.1) is 17.3 Å². The molecule has 28 heavy (non-hydrogen) atoms. The van der Waals surface area contributed by atoms with Crippen molar-refractivity contribution in [2.45, 2.75) is 26.7 Å². The van der Waals surface area contributed by atoms with Crippen LogP contribution in [-0.4, -0.2) is 42.1 Å². The molecule has 1 aliphatic heterocycles. The number of carbonyl (C=O) groups is 1. The molecule has 0 unspecified atom stereocenters. The molecule has 1 aromatic carbocycles. The molecule has 1 aliphatic rings. The Morgan fingerprint density at radius 2 is 2.04 bits per heavy atom. The summed E-state index contributed by atoms with van der Waals surface area (Å²) in [5.41, 5.74) is 4.60. The number of nitrogens with zero attached hydrogens (tertiary/aromatic N) is 3. The molecule has 0 radical (unpaired) electrons. The van der Waals surface area contributed by atoms with Gasteiger partial charge in [0.25, 0.3) is 5.91 Å². The fourth-order valence-electron chi connectivity index (χ4n) is 3.62. The van der Waals surface area contributed by atoms with Crippen molar-refractivity contribution in [3.05, 3.63) is 46.9 Å². The molecule has 3 heterocycles. The van der Waals surface area contributed by atoms with Crippen LogP contribution in [0.15, 0.2) is 24.5 Å². The zero-order chi connectivity index (χ0) is 20.1. The summed E-state index contributed by atoms with van der Waals surface area (Å²) < 4.78 is 25.4. The number of aromatic nitrogens is 3. The number of rotatable bonds is 3. The molecule has 0 fully saturated rings. The Morgan fingerprint density at radius 3 is 2.79 bits per heavy atom. The summed E-state index contributed by atoms with van der Waals surface area (Å²) in [6, 6.07) is 5.10. The third-order valence-electron chi connectivity index (χ3n) is 5.14. The Bertz CT molecular complexity index is 1200. The van der Waals surface area contributed by atoms with Crippen molar-refractivity contribution in [1.29, 1.82) is 0 Å². The average Bonchev–Trinajstić information content (AvgIpc) is 2.95. The maximum absolute atomic E-state index is 12.8. The SMILES string of the molecule is Cc1[nH]c2ncnc(NC(=O)c3ccc4c(c3)CCCN4S(C)(=O)=O)c2c1C. The molecule has 3 aromatic rings. The van der Waals surface area contributed by atoms with Crippen LogP contribution in [-0.2, 0) is 16.4 Å². The van der Waals surface area contributed by atoms with Gasteiger partial charge in [-0.15, -0.1) is 0 Å². The quantitative estimate of drug-likeness (QED) is 0.704. The second kappa shape index (κ2) is 6.59. The van der Waals surface area contributed by atoms with E-state index in [-0.39, 0.29) is 5.91 Å². The first-order valence-electron chi connectivity index (χ1n) is 8.97. The molecular formula is C19H21N5O3S. The molecule has 2 aromatic heterocycles. The average molecular weight is 399 g/mol. The molecule has 4 rings (SSSR count). The van der Waals surface area contributed by atoms with Crippen LogP contribution >= 0.6 is 0 Å². The van der Waals surface area contributed by atoms with E-state index in [1.54, 1.807) is 18.2 Å². The number of amides is 1. The molecule has 2 N–H and O–H groups in total. The number of nitrogens with one attached hydrogen (secondary N) is 2. The van der Waals surface area contributed by atoms with Gasteiger partial charge >= 0.3 is 0 Å². The molecule has 0 aliphatic carbocycles. The second-order valence-electron chi connectivity index (χ2n) is 7.06. The number of benzene rings is 1. The third kappa shape index (κ3) is 3.11. The molecule has 9 heteroatoms. The Morgan fingerprint density at radius 1 is 1.25 bits per heavy atom. The van der Waals surface area contributed by atoms with E-state index in [4.69, 9.17) is 0 Å². The number of fused-ring (bicyclic) bond motifs is 2. The van der Waals surface area contributed by atoms with Crippen LogP contribution in [0.1, 0.15) is 33.6 Å². The lowest BCUT2D eigenvalue weighted by Gasteiger charge is -2.29. The van der Waals surface area contributed by atoms with Gasteiger partial charge in [-0.2, -0.15) is 0 Å². The van der Waals surface area contributed by atoms with Crippen molar-refractivity contribution in [3.8, 4) is 0 Å². The highest BCUT2D eigenvalue weighted by atomic mass is 32.2. The van der Waals surface area contributed by atoms with Crippen LogP contribution in [0.25, 0.3) is 11.0 Å². The normalized spacial score (nSPS) is 14.2. The first-order chi connectivity index (χ1) is 13.3. The summed E-state index contributed by atoms with van der Waals surface area (Å²) in [7, 11) is -3.34. The van der Waals surface area contributed by atoms with Crippen LogP contribution < -0.4 is 9.62 Å². The van der Waals surface area contributed by atoms with E-state index in [2.05, 4.69) is 20.3 Å². The standard InChI is InChI=1S/C19H21N5O3S/c1-11-12(2)22-17-16(11)18(21-10-20-17)23-19(25)14-6-7-15-13(9-14)5-4-8-24(15)28(3,26)27/h6-7,9-10H,4-5,8H2,1-3H3,(H2,20,21,22,23,25). The Kier molecular flexibility index (Phi) is 4.34. The van der Waals surface area contributed by atoms with E-state index in [1.165, 1.54) is 16.9 Å². The lowest BCUT2D eigenvalue weighted by molar-refractivity contribution is 0.102. The first kappa shape index (κ1) is 18.4. The van der Waals surface area contributed by atoms with Crippen molar-refractivity contribution in [2.24, 2.45) is 0 Å². The minimum absolute atomic E-state index is 0.294. The first-order valence-corrected chi connectivity index (χ1v) is 10.8. The molecule has 1 amide bonds. The van der Waals surface area contributed by atoms with E-state index >= 15 is 0 Å². The number of aryl methyl sites for hydroxylation is 3. The van der Waals surface area contributed by atoms with Gasteiger partial charge in [0, 0.05) is 17.8 Å². The zero-order valence-corrected chi connectivity index (χ0v) is 16.7. The third-order valence-corrected chi connectivity index (χ3v) is 6.32. The van der Waals surface area contributed by atoms with Crippen LogP contribution in [0, 0.1) is 13.8 Å². The van der Waals surface area contributed by atoms with Gasteiger partial charge in [-0.05, 0) is 56.0 Å². The van der Waals surface area contributed by atoms with Crippen molar-refractivity contribution in [2.75, 3.05) is 22.4 Å². The second-order valence-corrected chi connectivity index (χ2v) is 8.96. The summed E-state index contributed by atoms with van der Waals surface area (Å²) in [6.07, 6.45) is 4.06. The van der Waals surface area contributed by atoms with Gasteiger partial charge in [-0.25, -0.2) is 18.4 Å². The van der Waals surface area contributed by atoms with E-state index in [0.29, 0.717) is 29.3 Å². The zero-order valence-electron chi connectivity index (χ0n) is 15.9. The van der Waals surface area contributed by atoms with Crippen molar-refractivity contribution in [3.63, 3.8) is 0 Å². The topological polar surface area (TPSA) is 108 Å². The van der Waals surface area contributed by atoms with Gasteiger partial charge in [0.15, 0.2) is 0 Å². The van der Waals surface area contributed by atoms with Crippen LogP contribution in [0.5, 0.6) is 0 Å². The highest BCUT2D eigenvalue weighted by Gasteiger charge is 2.25. The van der Waals surface area contributed by atoms with Gasteiger partial charge in [0.1, 0.15) is 17.8 Å². The van der Waals surface area contributed by atoms with Gasteiger partial charge in [-0.3, -0.25) is 9.10 Å². The number of sulfonamides is 1. The Labute approximate surface area is 163 Å². The van der Waals surface area contributed by atoms with Crippen LogP contribution in [0.4, 0.5) is 11.5 Å². The maximum atomic E-state index is 12.8. The Hall–Kier alpha value is -2.94.